The zero-order chi connectivity index (χ0) is 23.0. The number of hydrogen-bond donors (Lipinski definition) is 2. The van der Waals surface area contributed by atoms with Gasteiger partial charge in [-0.1, -0.05) is 44.2 Å². The Morgan fingerprint density at radius 2 is 1.71 bits per heavy atom. The topological polar surface area (TPSA) is 97.0 Å². The van der Waals surface area contributed by atoms with Gasteiger partial charge >= 0.3 is 12.2 Å². The summed E-state index contributed by atoms with van der Waals surface area (Å²) in [5.41, 5.74) is 0.341. The molecular formula is C23H35N3O5. The van der Waals surface area contributed by atoms with Crippen molar-refractivity contribution in [3.8, 4) is 0 Å². The zero-order valence-corrected chi connectivity index (χ0v) is 19.1. The van der Waals surface area contributed by atoms with Gasteiger partial charge in [0.15, 0.2) is 0 Å². The molecule has 172 valence electrons. The van der Waals surface area contributed by atoms with Crippen molar-refractivity contribution in [2.45, 2.75) is 71.8 Å². The average molecular weight is 434 g/mol. The van der Waals surface area contributed by atoms with Crippen LogP contribution in [0.2, 0.25) is 0 Å². The Bertz CT molecular complexity index is 737. The van der Waals surface area contributed by atoms with Gasteiger partial charge in [0.1, 0.15) is 18.2 Å². The molecule has 8 nitrogen and oxygen atoms in total. The molecule has 1 aromatic carbocycles. The second-order valence-electron chi connectivity index (χ2n) is 9.18. The Balaban J connectivity index is 1.80. The standard InChI is InChI=1S/C23H35N3O5/c1-16(2)19(25-21(28)30-15-17-9-7-6-8-10-17)20(27)24-18-11-13-26(14-12-18)22(29)31-23(3,4)5/h6-10,16,18-19H,11-15H2,1-5H3,(H,24,27)(H,25,28)/t19-/m1/s1. The Labute approximate surface area is 184 Å². The van der Waals surface area contributed by atoms with Gasteiger partial charge in [-0.15, -0.1) is 0 Å². The molecule has 0 aromatic heterocycles. The molecule has 1 aliphatic rings. The number of carbonyl (C=O) groups is 3. The SMILES string of the molecule is CC(C)[C@@H](NC(=O)OCc1ccccc1)C(=O)NC1CCN(C(=O)OC(C)(C)C)CC1. The number of ether oxygens (including phenoxy) is 2. The molecule has 1 aromatic rings. The van der Waals surface area contributed by atoms with Crippen LogP contribution >= 0.6 is 0 Å². The van der Waals surface area contributed by atoms with E-state index in [1.165, 1.54) is 0 Å². The molecule has 1 fully saturated rings. The zero-order valence-electron chi connectivity index (χ0n) is 19.1. The molecule has 1 heterocycles. The highest BCUT2D eigenvalue weighted by Crippen LogP contribution is 2.16. The third-order valence-corrected chi connectivity index (χ3v) is 4.93. The number of nitrogens with zero attached hydrogens (tertiary/aromatic N) is 1. The fourth-order valence-electron chi connectivity index (χ4n) is 3.25. The monoisotopic (exact) mass is 433 g/mol. The van der Waals surface area contributed by atoms with Crippen molar-refractivity contribution in [2.24, 2.45) is 5.92 Å². The molecular weight excluding hydrogens is 398 g/mol. The van der Waals surface area contributed by atoms with Gasteiger partial charge in [-0.3, -0.25) is 4.79 Å². The van der Waals surface area contributed by atoms with Crippen LogP contribution < -0.4 is 10.6 Å². The maximum Gasteiger partial charge on any atom is 0.410 e. The fourth-order valence-corrected chi connectivity index (χ4v) is 3.25. The summed E-state index contributed by atoms with van der Waals surface area (Å²) in [4.78, 5) is 38.8. The highest BCUT2D eigenvalue weighted by Gasteiger charge is 2.30. The molecule has 1 aliphatic heterocycles. The van der Waals surface area contributed by atoms with Crippen LogP contribution in [0.4, 0.5) is 9.59 Å². The first-order valence-corrected chi connectivity index (χ1v) is 10.8. The summed E-state index contributed by atoms with van der Waals surface area (Å²) in [5, 5.41) is 5.67. The van der Waals surface area contributed by atoms with E-state index < -0.39 is 17.7 Å². The smallest absolute Gasteiger partial charge is 0.410 e. The number of amides is 3. The minimum Gasteiger partial charge on any atom is -0.445 e. The van der Waals surface area contributed by atoms with Crippen molar-refractivity contribution in [3.63, 3.8) is 0 Å². The van der Waals surface area contributed by atoms with E-state index in [1.807, 2.05) is 65.0 Å². The molecule has 0 aliphatic carbocycles. The number of likely N-dealkylation sites (tertiary alicyclic amines) is 1. The summed E-state index contributed by atoms with van der Waals surface area (Å²) in [6, 6.07) is 8.60. The Morgan fingerprint density at radius 3 is 2.26 bits per heavy atom. The molecule has 1 atom stereocenters. The van der Waals surface area contributed by atoms with Crippen LogP contribution in [0, 0.1) is 5.92 Å². The van der Waals surface area contributed by atoms with E-state index in [4.69, 9.17) is 9.47 Å². The fraction of sp³-hybridized carbons (Fsp3) is 0.609. The number of benzene rings is 1. The van der Waals surface area contributed by atoms with E-state index in [9.17, 15) is 14.4 Å². The van der Waals surface area contributed by atoms with E-state index in [0.29, 0.717) is 25.9 Å². The van der Waals surface area contributed by atoms with Gasteiger partial charge in [0.2, 0.25) is 5.91 Å². The number of piperidine rings is 1. The summed E-state index contributed by atoms with van der Waals surface area (Å²) in [6.07, 6.45) is 0.306. The molecule has 2 N–H and O–H groups in total. The first kappa shape index (κ1) is 24.5. The average Bonchev–Trinajstić information content (AvgIpc) is 2.70. The molecule has 2 rings (SSSR count). The van der Waals surface area contributed by atoms with Crippen LogP contribution in [0.3, 0.4) is 0 Å². The lowest BCUT2D eigenvalue weighted by Gasteiger charge is -2.34. The van der Waals surface area contributed by atoms with Gasteiger partial charge in [0.05, 0.1) is 0 Å². The van der Waals surface area contributed by atoms with Crippen LogP contribution in [0.5, 0.6) is 0 Å². The van der Waals surface area contributed by atoms with E-state index in [1.54, 1.807) is 4.90 Å². The Hall–Kier alpha value is -2.77. The normalized spacial score (nSPS) is 15.9. The third kappa shape index (κ3) is 8.47. The van der Waals surface area contributed by atoms with Crippen LogP contribution in [0.15, 0.2) is 30.3 Å². The first-order chi connectivity index (χ1) is 14.5. The number of rotatable bonds is 6. The number of alkyl carbamates (subject to hydrolysis) is 1. The number of carbonyl (C=O) groups excluding carboxylic acids is 3. The van der Waals surface area contributed by atoms with Crippen molar-refractivity contribution in [3.05, 3.63) is 35.9 Å². The van der Waals surface area contributed by atoms with Gasteiger partial charge < -0.3 is 25.0 Å². The lowest BCUT2D eigenvalue weighted by Crippen LogP contribution is -2.54. The van der Waals surface area contributed by atoms with Crippen molar-refractivity contribution < 1.29 is 23.9 Å². The van der Waals surface area contributed by atoms with E-state index in [0.717, 1.165) is 5.56 Å². The first-order valence-electron chi connectivity index (χ1n) is 10.8. The van der Waals surface area contributed by atoms with Crippen molar-refractivity contribution >= 4 is 18.1 Å². The summed E-state index contributed by atoms with van der Waals surface area (Å²) >= 11 is 0. The van der Waals surface area contributed by atoms with Crippen LogP contribution in [-0.2, 0) is 20.9 Å². The van der Waals surface area contributed by atoms with Crippen LogP contribution in [0.25, 0.3) is 0 Å². The number of nitrogens with one attached hydrogen (secondary N) is 2. The molecule has 0 unspecified atom stereocenters. The second-order valence-corrected chi connectivity index (χ2v) is 9.18. The van der Waals surface area contributed by atoms with Gasteiger partial charge in [0, 0.05) is 19.1 Å². The summed E-state index contributed by atoms with van der Waals surface area (Å²) in [5.74, 6) is -0.353. The second kappa shape index (κ2) is 11.0. The van der Waals surface area contributed by atoms with E-state index in [-0.39, 0.29) is 30.6 Å². The highest BCUT2D eigenvalue weighted by molar-refractivity contribution is 5.86. The van der Waals surface area contributed by atoms with E-state index >= 15 is 0 Å². The molecule has 1 saturated heterocycles. The molecule has 3 amide bonds. The maximum absolute atomic E-state index is 12.8. The minimum atomic E-state index is -0.702. The molecule has 0 bridgehead atoms. The molecule has 0 spiro atoms. The predicted molar refractivity (Wildman–Crippen MR) is 117 cm³/mol. The van der Waals surface area contributed by atoms with E-state index in [2.05, 4.69) is 10.6 Å². The molecule has 0 radical (unpaired) electrons. The minimum absolute atomic E-state index is 0.0606. The van der Waals surface area contributed by atoms with Gasteiger partial charge in [-0.2, -0.15) is 0 Å². The molecule has 31 heavy (non-hydrogen) atoms. The quantitative estimate of drug-likeness (QED) is 0.716. The number of hydrogen-bond acceptors (Lipinski definition) is 5. The Morgan fingerprint density at radius 1 is 1.10 bits per heavy atom. The highest BCUT2D eigenvalue weighted by atomic mass is 16.6. The van der Waals surface area contributed by atoms with Crippen molar-refractivity contribution in [1.29, 1.82) is 0 Å². The van der Waals surface area contributed by atoms with Gasteiger partial charge in [-0.05, 0) is 45.1 Å². The molecule has 0 saturated carbocycles. The summed E-state index contributed by atoms with van der Waals surface area (Å²) < 4.78 is 10.6. The summed E-state index contributed by atoms with van der Waals surface area (Å²) in [7, 11) is 0. The largest absolute Gasteiger partial charge is 0.445 e. The van der Waals surface area contributed by atoms with Crippen molar-refractivity contribution in [1.82, 2.24) is 15.5 Å². The van der Waals surface area contributed by atoms with Crippen LogP contribution in [0.1, 0.15) is 53.0 Å². The molecule has 8 heteroatoms. The predicted octanol–water partition coefficient (Wildman–Crippen LogP) is 3.45. The van der Waals surface area contributed by atoms with Gasteiger partial charge in [-0.25, -0.2) is 9.59 Å². The Kier molecular flexibility index (Phi) is 8.71. The summed E-state index contributed by atoms with van der Waals surface area (Å²) in [6.45, 7) is 10.4. The van der Waals surface area contributed by atoms with Gasteiger partial charge in [0.25, 0.3) is 0 Å². The maximum atomic E-state index is 12.8. The third-order valence-electron chi connectivity index (χ3n) is 4.93. The van der Waals surface area contributed by atoms with Crippen molar-refractivity contribution in [2.75, 3.05) is 13.1 Å². The lowest BCUT2D eigenvalue weighted by molar-refractivity contribution is -0.125. The van der Waals surface area contributed by atoms with Crippen LogP contribution in [-0.4, -0.2) is 53.8 Å². The lowest BCUT2D eigenvalue weighted by atomic mass is 10.0.